The molecule has 4 N–H and O–H groups in total. The van der Waals surface area contributed by atoms with Gasteiger partial charge >= 0.3 is 33.6 Å². The van der Waals surface area contributed by atoms with Crippen molar-refractivity contribution in [3.8, 4) is 0 Å². The third kappa shape index (κ3) is 94.9. The van der Waals surface area contributed by atoms with E-state index in [9.17, 15) is 43.5 Å². The number of esters is 3. The van der Waals surface area contributed by atoms with E-state index in [1.807, 2.05) is 0 Å². The highest BCUT2D eigenvalue weighted by Crippen LogP contribution is 2.45. The van der Waals surface area contributed by atoms with Crippen LogP contribution >= 0.6 is 15.6 Å². The highest BCUT2D eigenvalue weighted by Gasteiger charge is 2.30. The van der Waals surface area contributed by atoms with E-state index in [0.717, 1.165) is 199 Å². The topological polar surface area (TPSA) is 231 Å². The lowest BCUT2D eigenvalue weighted by Gasteiger charge is -2.21. The standard InChI is InChI=1S/C103H172O16P2/c1-4-7-10-13-16-19-22-25-28-31-34-37-40-43-44-45-46-47-48-49-50-51-52-55-57-59-62-65-68-71-74-77-80-83-86-89-101(106)113-92-98(104)93-115-120(109,110)116-94-99(105)95-117-121(111,112)118-97-100(119-103(108)91-88-85-82-79-76-73-70-67-64-61-58-54-42-39-36-33-30-27-24-21-18-15-12-9-6-3)96-114-102(107)90-87-84-81-78-75-72-69-66-63-60-56-53-41-38-35-32-29-26-23-20-17-14-11-8-5-2/h7-12,16-21,25-30,34-39,43-44,53-54,56,58,63,66,98-100,104-105H,4-6,13-15,22-24,31-33,40-42,45-52,55,57,59-62,64-65,67-97H2,1-3H3,(H,109,110)(H,111,112)/b10-7-,11-8-,12-9-,19-16-,20-17-,21-18-,28-25-,29-26-,30-27-,37-34-,38-35-,39-36-,44-43-,56-53-,58-54-,66-63-. The third-order valence-electron chi connectivity index (χ3n) is 19.8. The second kappa shape index (κ2) is 93.5. The molecule has 0 fully saturated rings. The first kappa shape index (κ1) is 115. The minimum absolute atomic E-state index is 0.0868. The van der Waals surface area contributed by atoms with Gasteiger partial charge in [-0.2, -0.15) is 0 Å². The molecule has 0 aliphatic heterocycles. The van der Waals surface area contributed by atoms with Crippen molar-refractivity contribution >= 4 is 33.6 Å². The van der Waals surface area contributed by atoms with Gasteiger partial charge in [-0.05, 0) is 161 Å². The van der Waals surface area contributed by atoms with E-state index in [0.29, 0.717) is 19.3 Å². The van der Waals surface area contributed by atoms with Crippen LogP contribution in [0, 0.1) is 0 Å². The van der Waals surface area contributed by atoms with Gasteiger partial charge in [0, 0.05) is 19.3 Å². The van der Waals surface area contributed by atoms with Crippen LogP contribution in [0.3, 0.4) is 0 Å². The molecule has 0 aromatic rings. The molecule has 0 saturated heterocycles. The summed E-state index contributed by atoms with van der Waals surface area (Å²) in [5, 5.41) is 20.8. The third-order valence-corrected chi connectivity index (χ3v) is 21.7. The Kier molecular flexibility index (Phi) is 89.2. The van der Waals surface area contributed by atoms with E-state index in [-0.39, 0.29) is 19.3 Å². The van der Waals surface area contributed by atoms with Crippen molar-refractivity contribution in [2.24, 2.45) is 0 Å². The van der Waals surface area contributed by atoms with E-state index in [1.165, 1.54) is 122 Å². The number of phosphoric ester groups is 2. The quantitative estimate of drug-likeness (QED) is 0.0146. The summed E-state index contributed by atoms with van der Waals surface area (Å²) < 4.78 is 61.5. The zero-order valence-corrected chi connectivity index (χ0v) is 77.9. The summed E-state index contributed by atoms with van der Waals surface area (Å²) in [6, 6.07) is 0. The van der Waals surface area contributed by atoms with Gasteiger partial charge in [0.15, 0.2) is 6.10 Å². The summed E-state index contributed by atoms with van der Waals surface area (Å²) >= 11 is 0. The fraction of sp³-hybridized carbons (Fsp3) is 0.660. The molecule has 0 rings (SSSR count). The fourth-order valence-corrected chi connectivity index (χ4v) is 14.3. The first-order chi connectivity index (χ1) is 59.2. The van der Waals surface area contributed by atoms with Gasteiger partial charge in [0.2, 0.25) is 0 Å². The van der Waals surface area contributed by atoms with Crippen molar-refractivity contribution in [2.75, 3.05) is 39.6 Å². The number of aliphatic hydroxyl groups is 2. The molecule has 0 aliphatic rings. The molecule has 0 radical (unpaired) electrons. The number of allylic oxidation sites excluding steroid dienone is 32. The number of phosphoric acid groups is 2. The van der Waals surface area contributed by atoms with Gasteiger partial charge in [-0.15, -0.1) is 0 Å². The predicted octanol–water partition coefficient (Wildman–Crippen LogP) is 29.8. The first-order valence-corrected chi connectivity index (χ1v) is 50.7. The largest absolute Gasteiger partial charge is 0.472 e. The maximum atomic E-state index is 13.1. The lowest BCUT2D eigenvalue weighted by molar-refractivity contribution is -0.161. The molecule has 0 heterocycles. The van der Waals surface area contributed by atoms with Crippen molar-refractivity contribution in [1.29, 1.82) is 0 Å². The minimum atomic E-state index is -4.95. The van der Waals surface area contributed by atoms with Crippen LogP contribution in [-0.2, 0) is 55.8 Å². The zero-order chi connectivity index (χ0) is 87.9. The molecule has 5 atom stereocenters. The van der Waals surface area contributed by atoms with E-state index in [1.54, 1.807) is 0 Å². The molecule has 0 aromatic heterocycles. The normalized spacial score (nSPS) is 14.6. The van der Waals surface area contributed by atoms with Crippen molar-refractivity contribution in [3.63, 3.8) is 0 Å². The Morgan fingerprint density at radius 3 is 0.653 bits per heavy atom. The average Bonchev–Trinajstić information content (AvgIpc) is 0.899. The minimum Gasteiger partial charge on any atom is -0.463 e. The Bertz CT molecular complexity index is 2980. The van der Waals surface area contributed by atoms with E-state index < -0.39 is 91.5 Å². The van der Waals surface area contributed by atoms with Crippen LogP contribution in [-0.4, -0.2) is 95.9 Å². The average molecular weight is 1730 g/mol. The molecule has 0 amide bonds. The molecule has 0 bridgehead atoms. The first-order valence-electron chi connectivity index (χ1n) is 47.7. The molecule has 0 spiro atoms. The Morgan fingerprint density at radius 2 is 0.413 bits per heavy atom. The molecule has 18 heteroatoms. The summed E-state index contributed by atoms with van der Waals surface area (Å²) in [5.74, 6) is -1.60. The number of carbonyl (C=O) groups is 3. The highest BCUT2D eigenvalue weighted by molar-refractivity contribution is 7.47. The number of unbranched alkanes of at least 4 members (excludes halogenated alkanes) is 34. The van der Waals surface area contributed by atoms with E-state index >= 15 is 0 Å². The van der Waals surface area contributed by atoms with Crippen LogP contribution in [0.2, 0.25) is 0 Å². The van der Waals surface area contributed by atoms with E-state index in [4.69, 9.17) is 32.3 Å². The molecule has 690 valence electrons. The van der Waals surface area contributed by atoms with Gasteiger partial charge in [-0.3, -0.25) is 32.5 Å². The molecule has 5 unspecified atom stereocenters. The number of hydrogen-bond donors (Lipinski definition) is 4. The van der Waals surface area contributed by atoms with Crippen LogP contribution in [0.5, 0.6) is 0 Å². The fourth-order valence-electron chi connectivity index (χ4n) is 12.7. The smallest absolute Gasteiger partial charge is 0.463 e. The predicted molar refractivity (Wildman–Crippen MR) is 509 cm³/mol. The second-order valence-corrected chi connectivity index (χ2v) is 34.3. The molecule has 0 aliphatic carbocycles. The van der Waals surface area contributed by atoms with Gasteiger partial charge in [0.25, 0.3) is 0 Å². The number of hydrogen-bond acceptors (Lipinski definition) is 14. The Labute approximate surface area is 737 Å². The SMILES string of the molecule is CC/C=C\C/C=C\C/C=C\C/C=C\C/C=C\C/C=C\CCCCCCCCC(=O)OCC(COP(=O)(O)OCC(O)COP(=O)(O)OCC(O)COC(=O)CCCCCCCCCCCCCCCCCCCCC/C=C\C/C=C\C/C=C\C/C=C\C/C=C\CC)OC(=O)CCCCCCCCCCC/C=C\C/C=C\C/C=C\C/C=C\C/C=C\CC. The monoisotopic (exact) mass is 1730 g/mol. The van der Waals surface area contributed by atoms with Gasteiger partial charge in [0.05, 0.1) is 26.4 Å². The van der Waals surface area contributed by atoms with Gasteiger partial charge < -0.3 is 34.2 Å². The summed E-state index contributed by atoms with van der Waals surface area (Å²) in [5.41, 5.74) is 0. The maximum absolute atomic E-state index is 13.1. The highest BCUT2D eigenvalue weighted by atomic mass is 31.2. The Balaban J connectivity index is 4.59. The van der Waals surface area contributed by atoms with Crippen molar-refractivity contribution < 1.29 is 75.8 Å². The number of ether oxygens (including phenoxy) is 3. The lowest BCUT2D eigenvalue weighted by Crippen LogP contribution is -2.30. The van der Waals surface area contributed by atoms with Crippen LogP contribution in [0.1, 0.15) is 380 Å². The lowest BCUT2D eigenvalue weighted by atomic mass is 10.0. The summed E-state index contributed by atoms with van der Waals surface area (Å²) in [6.07, 6.45) is 125. The van der Waals surface area contributed by atoms with E-state index in [2.05, 4.69) is 215 Å². The number of carbonyl (C=O) groups excluding carboxylic acids is 3. The van der Waals surface area contributed by atoms with Crippen molar-refractivity contribution in [2.45, 2.75) is 399 Å². The van der Waals surface area contributed by atoms with Crippen molar-refractivity contribution in [1.82, 2.24) is 0 Å². The molecular weight excluding hydrogens is 1560 g/mol. The molecule has 16 nitrogen and oxygen atoms in total. The van der Waals surface area contributed by atoms with Crippen LogP contribution in [0.25, 0.3) is 0 Å². The molecule has 121 heavy (non-hydrogen) atoms. The van der Waals surface area contributed by atoms with Crippen molar-refractivity contribution in [3.05, 3.63) is 194 Å². The summed E-state index contributed by atoms with van der Waals surface area (Å²) in [7, 11) is -9.83. The maximum Gasteiger partial charge on any atom is 0.472 e. The van der Waals surface area contributed by atoms with Crippen LogP contribution in [0.15, 0.2) is 194 Å². The van der Waals surface area contributed by atoms with Gasteiger partial charge in [-0.1, -0.05) is 395 Å². The zero-order valence-electron chi connectivity index (χ0n) is 76.1. The number of aliphatic hydroxyl groups excluding tert-OH is 2. The summed E-state index contributed by atoms with van der Waals surface area (Å²) in [4.78, 5) is 59.1. The molecular formula is C103H172O16P2. The number of rotatable bonds is 89. The Hall–Kier alpha value is -5.61. The van der Waals surface area contributed by atoms with Crippen LogP contribution < -0.4 is 0 Å². The van der Waals surface area contributed by atoms with Gasteiger partial charge in [-0.25, -0.2) is 9.13 Å². The van der Waals surface area contributed by atoms with Crippen LogP contribution in [0.4, 0.5) is 0 Å². The second-order valence-electron chi connectivity index (χ2n) is 31.4. The summed E-state index contributed by atoms with van der Waals surface area (Å²) in [6.45, 7) is 2.36. The molecule has 0 saturated carbocycles. The van der Waals surface area contributed by atoms with Gasteiger partial charge in [0.1, 0.15) is 25.4 Å². The molecule has 0 aromatic carbocycles. The Morgan fingerprint density at radius 1 is 0.231 bits per heavy atom.